The maximum Gasteiger partial charge on any atom is 0.222 e. The van der Waals surface area contributed by atoms with Crippen LogP contribution in [0.1, 0.15) is 25.8 Å². The summed E-state index contributed by atoms with van der Waals surface area (Å²) in [5.74, 6) is 0.888. The van der Waals surface area contributed by atoms with Crippen molar-refractivity contribution in [3.05, 3.63) is 33.8 Å². The van der Waals surface area contributed by atoms with Crippen LogP contribution in [0.25, 0.3) is 6.08 Å². The van der Waals surface area contributed by atoms with Gasteiger partial charge in [0.15, 0.2) is 0 Å². The molecule has 1 aliphatic heterocycles. The van der Waals surface area contributed by atoms with Crippen molar-refractivity contribution in [2.24, 2.45) is 0 Å². The number of ether oxygens (including phenoxy) is 2. The molecule has 1 aromatic carbocycles. The normalized spacial score (nSPS) is 18.7. The van der Waals surface area contributed by atoms with Gasteiger partial charge in [-0.15, -0.1) is 0 Å². The summed E-state index contributed by atoms with van der Waals surface area (Å²) in [6.07, 6.45) is 2.88. The van der Waals surface area contributed by atoms with Crippen molar-refractivity contribution in [1.82, 2.24) is 0 Å². The molecule has 16 heavy (non-hydrogen) atoms. The van der Waals surface area contributed by atoms with Crippen molar-refractivity contribution < 1.29 is 9.47 Å². The summed E-state index contributed by atoms with van der Waals surface area (Å²) in [6.45, 7) is 4.76. The maximum atomic E-state index is 5.82. The van der Waals surface area contributed by atoms with Crippen molar-refractivity contribution in [3.8, 4) is 5.75 Å². The van der Waals surface area contributed by atoms with Gasteiger partial charge >= 0.3 is 0 Å². The SMILES string of the molecule is CCO[C@H]1Oc2ccc(Br)cc2C=C1CC. The summed E-state index contributed by atoms with van der Waals surface area (Å²) in [7, 11) is 0. The lowest BCUT2D eigenvalue weighted by atomic mass is 10.0. The van der Waals surface area contributed by atoms with Crippen LogP contribution in [-0.2, 0) is 4.74 Å². The van der Waals surface area contributed by atoms with Gasteiger partial charge in [0.25, 0.3) is 0 Å². The fraction of sp³-hybridized carbons (Fsp3) is 0.385. The van der Waals surface area contributed by atoms with E-state index in [1.54, 1.807) is 0 Å². The minimum Gasteiger partial charge on any atom is -0.460 e. The van der Waals surface area contributed by atoms with Crippen molar-refractivity contribution in [2.45, 2.75) is 26.6 Å². The van der Waals surface area contributed by atoms with Gasteiger partial charge in [-0.2, -0.15) is 0 Å². The van der Waals surface area contributed by atoms with E-state index in [1.807, 2.05) is 19.1 Å². The molecule has 1 aliphatic rings. The predicted octanol–water partition coefficient (Wildman–Crippen LogP) is 4.00. The summed E-state index contributed by atoms with van der Waals surface area (Å²) in [5, 5.41) is 0. The summed E-state index contributed by atoms with van der Waals surface area (Å²) in [6, 6.07) is 6.01. The summed E-state index contributed by atoms with van der Waals surface area (Å²) in [4.78, 5) is 0. The molecule has 0 N–H and O–H groups in total. The van der Waals surface area contributed by atoms with Gasteiger partial charge in [0, 0.05) is 16.6 Å². The minimum absolute atomic E-state index is 0.219. The molecule has 0 fully saturated rings. The number of hydrogen-bond acceptors (Lipinski definition) is 2. The lowest BCUT2D eigenvalue weighted by molar-refractivity contribution is -0.0513. The van der Waals surface area contributed by atoms with Crippen LogP contribution in [0.4, 0.5) is 0 Å². The molecule has 1 aromatic rings. The summed E-state index contributed by atoms with van der Waals surface area (Å²) >= 11 is 3.46. The van der Waals surface area contributed by atoms with E-state index in [9.17, 15) is 0 Å². The van der Waals surface area contributed by atoms with Gasteiger partial charge in [-0.05, 0) is 43.2 Å². The lowest BCUT2D eigenvalue weighted by Gasteiger charge is -2.26. The molecule has 0 spiro atoms. The number of fused-ring (bicyclic) bond motifs is 1. The van der Waals surface area contributed by atoms with Crippen LogP contribution >= 0.6 is 15.9 Å². The number of halogens is 1. The molecule has 0 unspecified atom stereocenters. The fourth-order valence-electron chi connectivity index (χ4n) is 1.76. The van der Waals surface area contributed by atoms with Crippen molar-refractivity contribution in [3.63, 3.8) is 0 Å². The van der Waals surface area contributed by atoms with Gasteiger partial charge in [-0.25, -0.2) is 0 Å². The Kier molecular flexibility index (Phi) is 3.66. The average molecular weight is 283 g/mol. The highest BCUT2D eigenvalue weighted by atomic mass is 79.9. The second-order valence-corrected chi connectivity index (χ2v) is 4.58. The second-order valence-electron chi connectivity index (χ2n) is 3.66. The maximum absolute atomic E-state index is 5.82. The molecule has 86 valence electrons. The number of rotatable bonds is 3. The molecule has 0 radical (unpaired) electrons. The van der Waals surface area contributed by atoms with Gasteiger partial charge in [0.05, 0.1) is 0 Å². The fourth-order valence-corrected chi connectivity index (χ4v) is 2.14. The summed E-state index contributed by atoms with van der Waals surface area (Å²) in [5.41, 5.74) is 2.30. The number of hydrogen-bond donors (Lipinski definition) is 0. The zero-order chi connectivity index (χ0) is 11.5. The van der Waals surface area contributed by atoms with Crippen LogP contribution in [0.2, 0.25) is 0 Å². The van der Waals surface area contributed by atoms with E-state index < -0.39 is 0 Å². The third-order valence-corrected chi connectivity index (χ3v) is 3.07. The van der Waals surface area contributed by atoms with E-state index in [0.29, 0.717) is 6.61 Å². The van der Waals surface area contributed by atoms with Gasteiger partial charge < -0.3 is 9.47 Å². The highest BCUT2D eigenvalue weighted by Crippen LogP contribution is 2.33. The standard InChI is InChI=1S/C13H15BrO2/c1-3-9-7-10-8-11(14)5-6-12(10)16-13(9)15-4-2/h5-8,13H,3-4H2,1-2H3/t13-/m0/s1. The van der Waals surface area contributed by atoms with Crippen molar-refractivity contribution in [2.75, 3.05) is 6.61 Å². The minimum atomic E-state index is -0.219. The third kappa shape index (κ3) is 2.30. The lowest BCUT2D eigenvalue weighted by Crippen LogP contribution is -2.25. The van der Waals surface area contributed by atoms with Crippen LogP contribution in [0.3, 0.4) is 0 Å². The van der Waals surface area contributed by atoms with E-state index in [-0.39, 0.29) is 6.29 Å². The quantitative estimate of drug-likeness (QED) is 0.834. The average Bonchev–Trinajstić information content (AvgIpc) is 2.29. The molecule has 0 saturated carbocycles. The molecule has 0 amide bonds. The Morgan fingerprint density at radius 3 is 2.88 bits per heavy atom. The topological polar surface area (TPSA) is 18.5 Å². The van der Waals surface area contributed by atoms with Gasteiger partial charge in [-0.1, -0.05) is 22.9 Å². The van der Waals surface area contributed by atoms with E-state index in [0.717, 1.165) is 22.2 Å². The Hall–Kier alpha value is -0.800. The Balaban J connectivity index is 2.34. The summed E-state index contributed by atoms with van der Waals surface area (Å²) < 4.78 is 12.5. The monoisotopic (exact) mass is 282 g/mol. The molecule has 2 rings (SSSR count). The van der Waals surface area contributed by atoms with E-state index in [2.05, 4.69) is 35.0 Å². The molecule has 2 nitrogen and oxygen atoms in total. The van der Waals surface area contributed by atoms with Gasteiger partial charge in [-0.3, -0.25) is 0 Å². The smallest absolute Gasteiger partial charge is 0.222 e. The second kappa shape index (κ2) is 5.02. The Morgan fingerprint density at radius 1 is 1.38 bits per heavy atom. The molecule has 0 bridgehead atoms. The van der Waals surface area contributed by atoms with Crippen molar-refractivity contribution in [1.29, 1.82) is 0 Å². The van der Waals surface area contributed by atoms with Gasteiger partial charge in [0.2, 0.25) is 6.29 Å². The van der Waals surface area contributed by atoms with Crippen LogP contribution in [-0.4, -0.2) is 12.9 Å². The predicted molar refractivity (Wildman–Crippen MR) is 68.5 cm³/mol. The molecule has 1 atom stereocenters. The molecule has 1 heterocycles. The highest BCUT2D eigenvalue weighted by Gasteiger charge is 2.21. The molecular weight excluding hydrogens is 268 g/mol. The first-order valence-electron chi connectivity index (χ1n) is 5.53. The van der Waals surface area contributed by atoms with E-state index in [4.69, 9.17) is 9.47 Å². The molecule has 0 aromatic heterocycles. The largest absolute Gasteiger partial charge is 0.460 e. The molecule has 0 aliphatic carbocycles. The first-order chi connectivity index (χ1) is 7.74. The zero-order valence-electron chi connectivity index (χ0n) is 9.50. The van der Waals surface area contributed by atoms with Gasteiger partial charge in [0.1, 0.15) is 5.75 Å². The van der Waals surface area contributed by atoms with Crippen LogP contribution in [0.15, 0.2) is 28.2 Å². The Morgan fingerprint density at radius 2 is 2.19 bits per heavy atom. The first-order valence-corrected chi connectivity index (χ1v) is 6.32. The Labute approximate surface area is 104 Å². The third-order valence-electron chi connectivity index (χ3n) is 2.58. The van der Waals surface area contributed by atoms with Crippen LogP contribution < -0.4 is 4.74 Å². The van der Waals surface area contributed by atoms with Crippen LogP contribution in [0.5, 0.6) is 5.75 Å². The zero-order valence-corrected chi connectivity index (χ0v) is 11.1. The van der Waals surface area contributed by atoms with Crippen molar-refractivity contribution >= 4 is 22.0 Å². The van der Waals surface area contributed by atoms with Crippen LogP contribution in [0, 0.1) is 0 Å². The molecule has 0 saturated heterocycles. The first kappa shape index (κ1) is 11.7. The molecular formula is C13H15BrO2. The van der Waals surface area contributed by atoms with E-state index in [1.165, 1.54) is 5.57 Å². The number of benzene rings is 1. The molecule has 3 heteroatoms. The van der Waals surface area contributed by atoms with E-state index >= 15 is 0 Å². The Bertz CT molecular complexity index is 412. The highest BCUT2D eigenvalue weighted by molar-refractivity contribution is 9.10.